The predicted molar refractivity (Wildman–Crippen MR) is 48.5 cm³/mol. The van der Waals surface area contributed by atoms with Gasteiger partial charge in [0, 0.05) is 6.42 Å². The molecule has 4 nitrogen and oxygen atoms in total. The highest BCUT2D eigenvalue weighted by molar-refractivity contribution is 5.88. The lowest BCUT2D eigenvalue weighted by Gasteiger charge is -2.03. The van der Waals surface area contributed by atoms with Crippen LogP contribution in [0.15, 0.2) is 4.99 Å². The molecule has 12 heavy (non-hydrogen) atoms. The van der Waals surface area contributed by atoms with Crippen molar-refractivity contribution in [2.75, 3.05) is 6.61 Å². The SMILES string of the molecule is CCOC(=O)[C@@H]1CCC(N)=N1.Cl. The standard InChI is InChI=1S/C7H12N2O2.ClH/c1-2-11-7(10)5-3-4-6(8)9-5;/h5H,2-4H2,1H3,(H2,8,9);1H/t5-;/m0./s1. The summed E-state index contributed by atoms with van der Waals surface area (Å²) in [6.07, 6.45) is 1.41. The molecule has 0 saturated carbocycles. The smallest absolute Gasteiger partial charge is 0.330 e. The van der Waals surface area contributed by atoms with E-state index in [2.05, 4.69) is 4.99 Å². The van der Waals surface area contributed by atoms with Gasteiger partial charge in [0.25, 0.3) is 0 Å². The Morgan fingerprint density at radius 2 is 2.50 bits per heavy atom. The Morgan fingerprint density at radius 3 is 2.92 bits per heavy atom. The van der Waals surface area contributed by atoms with Gasteiger partial charge in [-0.1, -0.05) is 0 Å². The summed E-state index contributed by atoms with van der Waals surface area (Å²) in [5.41, 5.74) is 5.40. The van der Waals surface area contributed by atoms with E-state index in [1.165, 1.54) is 0 Å². The third-order valence-electron chi connectivity index (χ3n) is 1.55. The maximum Gasteiger partial charge on any atom is 0.330 e. The molecule has 0 aromatic heterocycles. The first-order valence-electron chi connectivity index (χ1n) is 3.72. The summed E-state index contributed by atoms with van der Waals surface area (Å²) in [5.74, 6) is 0.302. The van der Waals surface area contributed by atoms with E-state index in [1.807, 2.05) is 0 Å². The van der Waals surface area contributed by atoms with Crippen LogP contribution in [0, 0.1) is 0 Å². The molecule has 0 fully saturated rings. The van der Waals surface area contributed by atoms with E-state index < -0.39 is 0 Å². The second-order valence-corrected chi connectivity index (χ2v) is 2.43. The molecule has 1 aliphatic heterocycles. The molecule has 1 rings (SSSR count). The van der Waals surface area contributed by atoms with Crippen LogP contribution in [0.4, 0.5) is 0 Å². The molecule has 2 N–H and O–H groups in total. The number of ether oxygens (including phenoxy) is 1. The van der Waals surface area contributed by atoms with Crippen molar-refractivity contribution >= 4 is 24.2 Å². The number of halogens is 1. The Morgan fingerprint density at radius 1 is 1.83 bits per heavy atom. The minimum atomic E-state index is -0.338. The van der Waals surface area contributed by atoms with Gasteiger partial charge in [-0.25, -0.2) is 4.79 Å². The van der Waals surface area contributed by atoms with Gasteiger partial charge in [-0.15, -0.1) is 12.4 Å². The van der Waals surface area contributed by atoms with Crippen LogP contribution in [0.2, 0.25) is 0 Å². The molecule has 5 heteroatoms. The summed E-state index contributed by atoms with van der Waals surface area (Å²) in [6.45, 7) is 2.19. The largest absolute Gasteiger partial charge is 0.464 e. The van der Waals surface area contributed by atoms with Crippen molar-refractivity contribution in [1.29, 1.82) is 0 Å². The number of rotatable bonds is 2. The van der Waals surface area contributed by atoms with E-state index in [0.717, 1.165) is 0 Å². The zero-order valence-electron chi connectivity index (χ0n) is 6.95. The summed E-state index contributed by atoms with van der Waals surface area (Å²) >= 11 is 0. The lowest BCUT2D eigenvalue weighted by molar-refractivity contribution is -0.144. The molecule has 0 unspecified atom stereocenters. The first kappa shape index (κ1) is 11.2. The Balaban J connectivity index is 0.00000121. The maximum absolute atomic E-state index is 11.0. The van der Waals surface area contributed by atoms with Gasteiger partial charge in [0.05, 0.1) is 12.4 Å². The fourth-order valence-electron chi connectivity index (χ4n) is 1.02. The van der Waals surface area contributed by atoms with Crippen LogP contribution in [0.5, 0.6) is 0 Å². The molecule has 1 aliphatic rings. The number of hydrogen-bond donors (Lipinski definition) is 1. The number of carbonyl (C=O) groups is 1. The number of nitrogens with zero attached hydrogens (tertiary/aromatic N) is 1. The summed E-state index contributed by atoms with van der Waals surface area (Å²) in [4.78, 5) is 14.9. The maximum atomic E-state index is 11.0. The van der Waals surface area contributed by atoms with Gasteiger partial charge >= 0.3 is 5.97 Å². The molecule has 0 spiro atoms. The molecule has 0 bridgehead atoms. The minimum absolute atomic E-state index is 0. The van der Waals surface area contributed by atoms with Crippen molar-refractivity contribution < 1.29 is 9.53 Å². The summed E-state index contributed by atoms with van der Waals surface area (Å²) in [5, 5.41) is 0. The van der Waals surface area contributed by atoms with Crippen LogP contribution in [0.25, 0.3) is 0 Å². The van der Waals surface area contributed by atoms with Gasteiger partial charge in [0.1, 0.15) is 6.04 Å². The third-order valence-corrected chi connectivity index (χ3v) is 1.55. The van der Waals surface area contributed by atoms with Crippen LogP contribution in [0.3, 0.4) is 0 Å². The Hall–Kier alpha value is -0.770. The molecular formula is C7H13ClN2O2. The minimum Gasteiger partial charge on any atom is -0.464 e. The van der Waals surface area contributed by atoms with Gasteiger partial charge in [0.15, 0.2) is 0 Å². The molecule has 1 heterocycles. The molecule has 0 aromatic rings. The third kappa shape index (κ3) is 2.70. The molecule has 70 valence electrons. The molecule has 0 radical (unpaired) electrons. The van der Waals surface area contributed by atoms with Gasteiger partial charge in [-0.2, -0.15) is 0 Å². The number of amidine groups is 1. The lowest BCUT2D eigenvalue weighted by Crippen LogP contribution is -2.19. The second kappa shape index (κ2) is 4.98. The van der Waals surface area contributed by atoms with E-state index in [1.54, 1.807) is 6.92 Å². The Labute approximate surface area is 77.6 Å². The molecule has 0 amide bonds. The number of hydrogen-bond acceptors (Lipinski definition) is 4. The average molecular weight is 193 g/mol. The first-order valence-corrected chi connectivity index (χ1v) is 3.72. The highest BCUT2D eigenvalue weighted by Crippen LogP contribution is 2.11. The quantitative estimate of drug-likeness (QED) is 0.648. The first-order chi connectivity index (χ1) is 5.24. The molecule has 0 aliphatic carbocycles. The summed E-state index contributed by atoms with van der Waals surface area (Å²) < 4.78 is 4.77. The molecular weight excluding hydrogens is 180 g/mol. The van der Waals surface area contributed by atoms with Gasteiger partial charge in [0.2, 0.25) is 0 Å². The van der Waals surface area contributed by atoms with Crippen LogP contribution < -0.4 is 5.73 Å². The van der Waals surface area contributed by atoms with Crippen LogP contribution in [0.1, 0.15) is 19.8 Å². The van der Waals surface area contributed by atoms with Crippen molar-refractivity contribution in [3.05, 3.63) is 0 Å². The highest BCUT2D eigenvalue weighted by atomic mass is 35.5. The Kier molecular flexibility index (Phi) is 4.66. The Bertz CT molecular complexity index is 194. The predicted octanol–water partition coefficient (Wildman–Crippen LogP) is 0.491. The van der Waals surface area contributed by atoms with Gasteiger partial charge in [-0.3, -0.25) is 4.99 Å². The number of aliphatic imine (C=N–C) groups is 1. The molecule has 0 saturated heterocycles. The monoisotopic (exact) mass is 192 g/mol. The summed E-state index contributed by atoms with van der Waals surface area (Å²) in [7, 11) is 0. The zero-order chi connectivity index (χ0) is 8.27. The van der Waals surface area contributed by atoms with Crippen LogP contribution in [-0.2, 0) is 9.53 Å². The van der Waals surface area contributed by atoms with E-state index in [9.17, 15) is 4.79 Å². The molecule has 0 aromatic carbocycles. The fourth-order valence-corrected chi connectivity index (χ4v) is 1.02. The van der Waals surface area contributed by atoms with Crippen molar-refractivity contribution in [3.63, 3.8) is 0 Å². The lowest BCUT2D eigenvalue weighted by atomic mass is 10.2. The van der Waals surface area contributed by atoms with Crippen LogP contribution >= 0.6 is 12.4 Å². The number of esters is 1. The second-order valence-electron chi connectivity index (χ2n) is 2.43. The summed E-state index contributed by atoms with van der Waals surface area (Å²) in [6, 6.07) is -0.338. The topological polar surface area (TPSA) is 64.7 Å². The van der Waals surface area contributed by atoms with Crippen molar-refractivity contribution in [3.8, 4) is 0 Å². The number of nitrogens with two attached hydrogens (primary N) is 1. The number of carbonyl (C=O) groups excluding carboxylic acids is 1. The van der Waals surface area contributed by atoms with E-state index in [-0.39, 0.29) is 24.4 Å². The average Bonchev–Trinajstić information content (AvgIpc) is 2.36. The van der Waals surface area contributed by atoms with Crippen molar-refractivity contribution in [2.24, 2.45) is 10.7 Å². The normalized spacial score (nSPS) is 21.1. The molecule has 1 atom stereocenters. The van der Waals surface area contributed by atoms with E-state index in [0.29, 0.717) is 25.3 Å². The van der Waals surface area contributed by atoms with Crippen LogP contribution in [-0.4, -0.2) is 24.5 Å². The van der Waals surface area contributed by atoms with E-state index >= 15 is 0 Å². The zero-order valence-corrected chi connectivity index (χ0v) is 7.76. The van der Waals surface area contributed by atoms with Gasteiger partial charge < -0.3 is 10.5 Å². The van der Waals surface area contributed by atoms with E-state index in [4.69, 9.17) is 10.5 Å². The highest BCUT2D eigenvalue weighted by Gasteiger charge is 2.23. The van der Waals surface area contributed by atoms with Crippen molar-refractivity contribution in [1.82, 2.24) is 0 Å². The van der Waals surface area contributed by atoms with Gasteiger partial charge in [-0.05, 0) is 13.3 Å². The fraction of sp³-hybridized carbons (Fsp3) is 0.714. The van der Waals surface area contributed by atoms with Crippen molar-refractivity contribution in [2.45, 2.75) is 25.8 Å².